The second-order valence-corrected chi connectivity index (χ2v) is 19.8. The van der Waals surface area contributed by atoms with Gasteiger partial charge in [0, 0.05) is 22.4 Å². The van der Waals surface area contributed by atoms with E-state index in [1.54, 1.807) is 13.8 Å². The van der Waals surface area contributed by atoms with Crippen LogP contribution in [0.2, 0.25) is 5.02 Å². The van der Waals surface area contributed by atoms with E-state index in [-0.39, 0.29) is 51.8 Å². The van der Waals surface area contributed by atoms with Crippen molar-refractivity contribution in [2.24, 2.45) is 50.7 Å². The third kappa shape index (κ3) is 5.30. The number of carboxylic acid groups (broad SMARTS) is 1. The molecular formula is C43H57ClN2O6. The summed E-state index contributed by atoms with van der Waals surface area (Å²) in [6.07, 6.45) is 7.76. The molecule has 0 bridgehead atoms. The lowest BCUT2D eigenvalue weighted by Crippen LogP contribution is -2.66. The van der Waals surface area contributed by atoms with E-state index in [0.717, 1.165) is 62.5 Å². The molecule has 8 atom stereocenters. The molecule has 8 nitrogen and oxygen atoms in total. The summed E-state index contributed by atoms with van der Waals surface area (Å²) in [5.41, 5.74) is 1.16. The second-order valence-electron chi connectivity index (χ2n) is 19.4. The lowest BCUT2D eigenvalue weighted by atomic mass is 9.33. The molecule has 1 N–H and O–H groups in total. The monoisotopic (exact) mass is 732 g/mol. The summed E-state index contributed by atoms with van der Waals surface area (Å²) in [5, 5.41) is 19.5. The second kappa shape index (κ2) is 12.3. The largest absolute Gasteiger partial charge is 0.481 e. The maximum absolute atomic E-state index is 14.1. The number of ketones is 1. The fraction of sp³-hybridized carbons (Fsp3) is 0.698. The van der Waals surface area contributed by atoms with Gasteiger partial charge in [-0.3, -0.25) is 14.4 Å². The molecule has 0 radical (unpaired) electrons. The van der Waals surface area contributed by atoms with Crippen molar-refractivity contribution in [2.45, 2.75) is 138 Å². The number of halogens is 1. The average Bonchev–Trinajstić information content (AvgIpc) is 3.66. The zero-order chi connectivity index (χ0) is 37.8. The number of nitrogens with zero attached hydrogens (tertiary/aromatic N) is 2. The first-order valence-corrected chi connectivity index (χ1v) is 19.9. The third-order valence-electron chi connectivity index (χ3n) is 15.7. The number of hydrogen-bond acceptors (Lipinski definition) is 7. The van der Waals surface area contributed by atoms with E-state index in [9.17, 15) is 19.5 Å². The molecule has 52 heavy (non-hydrogen) atoms. The number of fused-ring (bicyclic) bond motifs is 7. The number of carbonyl (C=O) groups excluding carboxylic acids is 2. The quantitative estimate of drug-likeness (QED) is 0.279. The van der Waals surface area contributed by atoms with E-state index < -0.39 is 22.8 Å². The fourth-order valence-electron chi connectivity index (χ4n) is 12.8. The highest BCUT2D eigenvalue weighted by Gasteiger charge is 2.71. The highest BCUT2D eigenvalue weighted by molar-refractivity contribution is 6.30. The van der Waals surface area contributed by atoms with E-state index >= 15 is 0 Å². The Bertz CT molecular complexity index is 1830. The van der Waals surface area contributed by atoms with Gasteiger partial charge in [-0.25, -0.2) is 0 Å². The van der Waals surface area contributed by atoms with Crippen LogP contribution in [0.5, 0.6) is 0 Å². The van der Waals surface area contributed by atoms with Gasteiger partial charge in [0.05, 0.1) is 17.3 Å². The number of carbonyl (C=O) groups is 3. The van der Waals surface area contributed by atoms with Crippen molar-refractivity contribution in [3.8, 4) is 11.5 Å². The van der Waals surface area contributed by atoms with Gasteiger partial charge in [-0.15, -0.1) is 10.2 Å². The van der Waals surface area contributed by atoms with Gasteiger partial charge in [-0.2, -0.15) is 0 Å². The highest BCUT2D eigenvalue weighted by Crippen LogP contribution is 2.76. The fourth-order valence-corrected chi connectivity index (χ4v) is 13.0. The molecule has 9 heteroatoms. The number of hydrogen-bond donors (Lipinski definition) is 1. The predicted molar refractivity (Wildman–Crippen MR) is 199 cm³/mol. The molecule has 0 aliphatic heterocycles. The van der Waals surface area contributed by atoms with Crippen molar-refractivity contribution in [2.75, 3.05) is 0 Å². The van der Waals surface area contributed by atoms with Gasteiger partial charge in [-0.1, -0.05) is 60.1 Å². The Hall–Kier alpha value is -3.00. The zero-order valence-electron chi connectivity index (χ0n) is 32.5. The van der Waals surface area contributed by atoms with Crippen molar-refractivity contribution in [1.82, 2.24) is 10.2 Å². The molecular weight excluding hydrogens is 676 g/mol. The first kappa shape index (κ1) is 37.3. The zero-order valence-corrected chi connectivity index (χ0v) is 33.3. The van der Waals surface area contributed by atoms with Crippen LogP contribution in [-0.2, 0) is 24.5 Å². The van der Waals surface area contributed by atoms with Crippen LogP contribution in [0.25, 0.3) is 11.5 Å². The topological polar surface area (TPSA) is 120 Å². The first-order valence-electron chi connectivity index (χ1n) is 19.5. The van der Waals surface area contributed by atoms with Gasteiger partial charge in [-0.05, 0) is 141 Å². The number of aliphatic carboxylic acids is 1. The van der Waals surface area contributed by atoms with Crippen molar-refractivity contribution < 1.29 is 28.6 Å². The SMILES string of the molecule is CC(C)C1=C2[C@H]3CC[C@@H]4[C@@]5(C)CC[C@H](OC(=O)CC(C)(C)C(=O)O)C(C)(C)[C@@H]5CC[C@@]4(C)[C@]3(C)CC[C@@]2(c2nnc(-c3ccc(Cl)cc3)o2)CC1=O. The van der Waals surface area contributed by atoms with Crippen LogP contribution in [0.4, 0.5) is 0 Å². The summed E-state index contributed by atoms with van der Waals surface area (Å²) in [6, 6.07) is 7.43. The van der Waals surface area contributed by atoms with E-state index in [1.807, 2.05) is 24.3 Å². The summed E-state index contributed by atoms with van der Waals surface area (Å²) in [5.74, 6) is 1.02. The number of aromatic nitrogens is 2. The number of esters is 1. The molecule has 1 aromatic carbocycles. The lowest BCUT2D eigenvalue weighted by molar-refractivity contribution is -0.232. The molecule has 4 saturated carbocycles. The van der Waals surface area contributed by atoms with E-state index in [1.165, 1.54) is 5.57 Å². The molecule has 0 spiro atoms. The summed E-state index contributed by atoms with van der Waals surface area (Å²) in [4.78, 5) is 39.0. The van der Waals surface area contributed by atoms with Crippen LogP contribution in [0.1, 0.15) is 132 Å². The van der Waals surface area contributed by atoms with Crippen molar-refractivity contribution >= 4 is 29.3 Å². The van der Waals surface area contributed by atoms with Crippen molar-refractivity contribution in [3.05, 3.63) is 46.3 Å². The molecule has 4 fully saturated rings. The Morgan fingerprint density at radius 1 is 0.942 bits per heavy atom. The minimum absolute atomic E-state index is 0.0254. The minimum atomic E-state index is -1.17. The maximum Gasteiger partial charge on any atom is 0.309 e. The Kier molecular flexibility index (Phi) is 8.80. The van der Waals surface area contributed by atoms with Crippen LogP contribution < -0.4 is 0 Å². The van der Waals surface area contributed by atoms with Gasteiger partial charge in [0.2, 0.25) is 11.8 Å². The van der Waals surface area contributed by atoms with Gasteiger partial charge < -0.3 is 14.3 Å². The molecule has 1 heterocycles. The smallest absolute Gasteiger partial charge is 0.309 e. The van der Waals surface area contributed by atoms with E-state index in [0.29, 0.717) is 35.1 Å². The summed E-state index contributed by atoms with van der Waals surface area (Å²) in [7, 11) is 0. The molecule has 1 aromatic heterocycles. The third-order valence-corrected chi connectivity index (χ3v) is 16.0. The molecule has 5 aliphatic rings. The Balaban J connectivity index is 1.20. The minimum Gasteiger partial charge on any atom is -0.481 e. The molecule has 0 saturated heterocycles. The van der Waals surface area contributed by atoms with Crippen LogP contribution in [0.15, 0.2) is 39.8 Å². The normalized spacial score (nSPS) is 36.9. The summed E-state index contributed by atoms with van der Waals surface area (Å²) >= 11 is 6.17. The Labute approximate surface area is 313 Å². The first-order chi connectivity index (χ1) is 24.2. The standard InChI is InChI=1S/C43H57ClN2O6/c1-24(2)33-28(47)22-43(36-46-45-35(52-36)25-10-12-26(44)13-11-25)21-20-41(8)27(34(33)43)14-15-30-40(7)18-17-31(51-32(48)23-38(3,4)37(49)50)39(5,6)29(40)16-19-42(30,41)9/h10-13,24,27,29-31H,14-23H2,1-9H3,(H,49,50)/t27-,29+,30-,31+,40+,41-,42-,43-/m1/s1. The molecule has 5 aliphatic carbocycles. The predicted octanol–water partition coefficient (Wildman–Crippen LogP) is 10.0. The maximum atomic E-state index is 14.1. The molecule has 0 amide bonds. The molecule has 2 aromatic rings. The number of carboxylic acids is 1. The van der Waals surface area contributed by atoms with Gasteiger partial charge in [0.25, 0.3) is 0 Å². The Morgan fingerprint density at radius 2 is 1.63 bits per heavy atom. The van der Waals surface area contributed by atoms with E-state index in [4.69, 9.17) is 25.9 Å². The lowest BCUT2D eigenvalue weighted by Gasteiger charge is -2.72. The van der Waals surface area contributed by atoms with Crippen LogP contribution in [-0.4, -0.2) is 39.1 Å². The van der Waals surface area contributed by atoms with E-state index in [2.05, 4.69) is 53.6 Å². The number of ether oxygens (including phenoxy) is 1. The summed E-state index contributed by atoms with van der Waals surface area (Å²) < 4.78 is 12.7. The van der Waals surface area contributed by atoms with Crippen molar-refractivity contribution in [1.29, 1.82) is 0 Å². The Morgan fingerprint density at radius 3 is 2.29 bits per heavy atom. The van der Waals surface area contributed by atoms with Crippen LogP contribution in [0, 0.1) is 50.7 Å². The summed E-state index contributed by atoms with van der Waals surface area (Å²) in [6.45, 7) is 19.6. The number of Topliss-reactive ketones (excluding diaryl/α,β-unsaturated/α-hetero) is 1. The highest BCUT2D eigenvalue weighted by atomic mass is 35.5. The average molecular weight is 733 g/mol. The molecule has 282 valence electrons. The van der Waals surface area contributed by atoms with Gasteiger partial charge in [0.1, 0.15) is 6.10 Å². The van der Waals surface area contributed by atoms with Crippen LogP contribution >= 0.6 is 11.6 Å². The molecule has 7 rings (SSSR count). The van der Waals surface area contributed by atoms with Crippen LogP contribution in [0.3, 0.4) is 0 Å². The number of benzene rings is 1. The number of rotatable bonds is 7. The van der Waals surface area contributed by atoms with Crippen molar-refractivity contribution in [3.63, 3.8) is 0 Å². The molecule has 0 unspecified atom stereocenters. The van der Waals surface area contributed by atoms with Gasteiger partial charge >= 0.3 is 11.9 Å². The number of allylic oxidation sites excluding steroid dienone is 2. The van der Waals surface area contributed by atoms with Gasteiger partial charge in [0.15, 0.2) is 5.78 Å².